The summed E-state index contributed by atoms with van der Waals surface area (Å²) in [6.45, 7) is 3.25. The molecule has 0 aromatic heterocycles. The molecule has 1 aromatic carbocycles. The van der Waals surface area contributed by atoms with E-state index >= 15 is 0 Å². The van der Waals surface area contributed by atoms with Gasteiger partial charge in [0, 0.05) is 13.1 Å². The van der Waals surface area contributed by atoms with E-state index in [0.29, 0.717) is 31.0 Å². The highest BCUT2D eigenvalue weighted by molar-refractivity contribution is 5.81. The molecule has 0 saturated carbocycles. The van der Waals surface area contributed by atoms with Gasteiger partial charge in [-0.1, -0.05) is 6.07 Å². The van der Waals surface area contributed by atoms with Crippen LogP contribution >= 0.6 is 0 Å². The second-order valence-electron chi connectivity index (χ2n) is 5.48. The van der Waals surface area contributed by atoms with Gasteiger partial charge in [-0.25, -0.2) is 0 Å². The molecule has 1 heterocycles. The minimum Gasteiger partial charge on any atom is -0.493 e. The first-order chi connectivity index (χ1) is 10.5. The molecule has 0 bridgehead atoms. The molecule has 0 aliphatic carbocycles. The van der Waals surface area contributed by atoms with Crippen LogP contribution in [0.4, 0.5) is 0 Å². The van der Waals surface area contributed by atoms with Crippen LogP contribution in [0, 0.1) is 12.8 Å². The van der Waals surface area contributed by atoms with Crippen LogP contribution in [-0.2, 0) is 9.59 Å². The third-order valence-corrected chi connectivity index (χ3v) is 3.84. The average Bonchev–Trinajstić information content (AvgIpc) is 2.98. The van der Waals surface area contributed by atoms with Crippen LogP contribution in [0.15, 0.2) is 18.2 Å². The molecule has 6 nitrogen and oxygen atoms in total. The van der Waals surface area contributed by atoms with Gasteiger partial charge in [-0.05, 0) is 31.0 Å². The van der Waals surface area contributed by atoms with Crippen molar-refractivity contribution in [3.63, 3.8) is 0 Å². The molecule has 120 valence electrons. The molecular weight excluding hydrogens is 284 g/mol. The number of rotatable bonds is 6. The van der Waals surface area contributed by atoms with Gasteiger partial charge in [-0.15, -0.1) is 0 Å². The maximum atomic E-state index is 12.1. The van der Waals surface area contributed by atoms with Crippen molar-refractivity contribution in [1.29, 1.82) is 0 Å². The van der Waals surface area contributed by atoms with Crippen molar-refractivity contribution < 1.29 is 19.1 Å². The summed E-state index contributed by atoms with van der Waals surface area (Å²) in [7, 11) is 1.58. The van der Waals surface area contributed by atoms with Gasteiger partial charge >= 0.3 is 0 Å². The topological polar surface area (TPSA) is 81.9 Å². The van der Waals surface area contributed by atoms with E-state index in [2.05, 4.69) is 0 Å². The Labute approximate surface area is 130 Å². The lowest BCUT2D eigenvalue weighted by atomic mass is 10.1. The maximum absolute atomic E-state index is 12.1. The predicted octanol–water partition coefficient (Wildman–Crippen LogP) is 1.11. The third-order valence-electron chi connectivity index (χ3n) is 3.84. The van der Waals surface area contributed by atoms with E-state index in [1.165, 1.54) is 0 Å². The number of amides is 2. The lowest BCUT2D eigenvalue weighted by Gasteiger charge is -2.16. The number of carbonyl (C=O) groups excluding carboxylic acids is 2. The third kappa shape index (κ3) is 3.90. The molecule has 22 heavy (non-hydrogen) atoms. The summed E-state index contributed by atoms with van der Waals surface area (Å²) in [6, 6.07) is 5.64. The predicted molar refractivity (Wildman–Crippen MR) is 81.7 cm³/mol. The van der Waals surface area contributed by atoms with Crippen LogP contribution in [0.2, 0.25) is 0 Å². The smallest absolute Gasteiger partial charge is 0.226 e. The van der Waals surface area contributed by atoms with Gasteiger partial charge in [-0.2, -0.15) is 0 Å². The number of hydrogen-bond donors (Lipinski definition) is 1. The SMILES string of the molecule is COc1cc(C)ccc1OCCC(=O)N1CC[C@H](C(N)=O)C1. The van der Waals surface area contributed by atoms with Crippen LogP contribution in [0.5, 0.6) is 11.5 Å². The van der Waals surface area contributed by atoms with Gasteiger partial charge in [0.15, 0.2) is 11.5 Å². The minimum atomic E-state index is -0.337. The van der Waals surface area contributed by atoms with Crippen molar-refractivity contribution in [3.8, 4) is 11.5 Å². The Morgan fingerprint density at radius 3 is 2.77 bits per heavy atom. The van der Waals surface area contributed by atoms with Gasteiger partial charge in [0.1, 0.15) is 0 Å². The molecule has 1 atom stereocenters. The number of primary amides is 1. The molecule has 0 spiro atoms. The number of nitrogens with two attached hydrogens (primary N) is 1. The monoisotopic (exact) mass is 306 g/mol. The number of carbonyl (C=O) groups is 2. The van der Waals surface area contributed by atoms with Crippen molar-refractivity contribution in [2.24, 2.45) is 11.7 Å². The van der Waals surface area contributed by atoms with E-state index in [1.807, 2.05) is 25.1 Å². The first-order valence-corrected chi connectivity index (χ1v) is 7.35. The Morgan fingerprint density at radius 1 is 1.36 bits per heavy atom. The Bertz CT molecular complexity index is 559. The number of likely N-dealkylation sites (tertiary alicyclic amines) is 1. The molecule has 2 amide bonds. The lowest BCUT2D eigenvalue weighted by Crippen LogP contribution is -2.32. The van der Waals surface area contributed by atoms with Crippen LogP contribution in [-0.4, -0.2) is 43.5 Å². The van der Waals surface area contributed by atoms with E-state index in [0.717, 1.165) is 5.56 Å². The number of methoxy groups -OCH3 is 1. The van der Waals surface area contributed by atoms with Crippen LogP contribution in [0.25, 0.3) is 0 Å². The normalized spacial score (nSPS) is 17.4. The van der Waals surface area contributed by atoms with Gasteiger partial charge < -0.3 is 20.1 Å². The highest BCUT2D eigenvalue weighted by atomic mass is 16.5. The zero-order valence-electron chi connectivity index (χ0n) is 13.0. The Kier molecular flexibility index (Phi) is 5.25. The fourth-order valence-electron chi connectivity index (χ4n) is 2.52. The fraction of sp³-hybridized carbons (Fsp3) is 0.500. The minimum absolute atomic E-state index is 0.0187. The number of aryl methyl sites for hydroxylation is 1. The second-order valence-corrected chi connectivity index (χ2v) is 5.48. The molecule has 1 aromatic rings. The largest absolute Gasteiger partial charge is 0.493 e. The van der Waals surface area contributed by atoms with E-state index in [9.17, 15) is 9.59 Å². The summed E-state index contributed by atoms with van der Waals surface area (Å²) < 4.78 is 10.9. The average molecular weight is 306 g/mol. The molecule has 2 rings (SSSR count). The van der Waals surface area contributed by atoms with Crippen molar-refractivity contribution >= 4 is 11.8 Å². The summed E-state index contributed by atoms with van der Waals surface area (Å²) in [5.74, 6) is 0.701. The lowest BCUT2D eigenvalue weighted by molar-refractivity contribution is -0.131. The number of ether oxygens (including phenoxy) is 2. The quantitative estimate of drug-likeness (QED) is 0.853. The summed E-state index contributed by atoms with van der Waals surface area (Å²) in [6.07, 6.45) is 0.913. The van der Waals surface area contributed by atoms with E-state index in [1.54, 1.807) is 12.0 Å². The highest BCUT2D eigenvalue weighted by Crippen LogP contribution is 2.28. The van der Waals surface area contributed by atoms with E-state index in [4.69, 9.17) is 15.2 Å². The zero-order valence-corrected chi connectivity index (χ0v) is 13.0. The van der Waals surface area contributed by atoms with Crippen molar-refractivity contribution in [1.82, 2.24) is 4.90 Å². The van der Waals surface area contributed by atoms with Crippen molar-refractivity contribution in [2.45, 2.75) is 19.8 Å². The molecule has 2 N–H and O–H groups in total. The number of benzene rings is 1. The van der Waals surface area contributed by atoms with Crippen molar-refractivity contribution in [3.05, 3.63) is 23.8 Å². The highest BCUT2D eigenvalue weighted by Gasteiger charge is 2.29. The second kappa shape index (κ2) is 7.15. The first kappa shape index (κ1) is 16.1. The molecule has 1 aliphatic heterocycles. The van der Waals surface area contributed by atoms with Crippen LogP contribution in [0.3, 0.4) is 0 Å². The summed E-state index contributed by atoms with van der Waals surface area (Å²) in [5, 5.41) is 0. The zero-order chi connectivity index (χ0) is 16.1. The van der Waals surface area contributed by atoms with E-state index in [-0.39, 0.29) is 30.8 Å². The molecule has 0 unspecified atom stereocenters. The summed E-state index contributed by atoms with van der Waals surface area (Å²) >= 11 is 0. The molecule has 6 heteroatoms. The van der Waals surface area contributed by atoms with Crippen LogP contribution < -0.4 is 15.2 Å². The molecule has 0 radical (unpaired) electrons. The molecule has 1 aliphatic rings. The molecular formula is C16H22N2O4. The first-order valence-electron chi connectivity index (χ1n) is 7.35. The Hall–Kier alpha value is -2.24. The number of nitrogens with zero attached hydrogens (tertiary/aromatic N) is 1. The van der Waals surface area contributed by atoms with Gasteiger partial charge in [-0.3, -0.25) is 9.59 Å². The van der Waals surface area contributed by atoms with Gasteiger partial charge in [0.05, 0.1) is 26.1 Å². The standard InChI is InChI=1S/C16H22N2O4/c1-11-3-4-13(14(9-11)21-2)22-8-6-15(19)18-7-5-12(10-18)16(17)20/h3-4,9,12H,5-8,10H2,1-2H3,(H2,17,20)/t12-/m0/s1. The van der Waals surface area contributed by atoms with Crippen LogP contribution in [0.1, 0.15) is 18.4 Å². The maximum Gasteiger partial charge on any atom is 0.226 e. The Morgan fingerprint density at radius 2 is 2.14 bits per heavy atom. The molecule has 1 saturated heterocycles. The summed E-state index contributed by atoms with van der Waals surface area (Å²) in [5.41, 5.74) is 6.34. The van der Waals surface area contributed by atoms with Crippen molar-refractivity contribution in [2.75, 3.05) is 26.8 Å². The fourth-order valence-corrected chi connectivity index (χ4v) is 2.52. The van der Waals surface area contributed by atoms with Gasteiger partial charge in [0.25, 0.3) is 0 Å². The number of hydrogen-bond acceptors (Lipinski definition) is 4. The summed E-state index contributed by atoms with van der Waals surface area (Å²) in [4.78, 5) is 24.9. The van der Waals surface area contributed by atoms with E-state index < -0.39 is 0 Å². The Balaban J connectivity index is 1.82. The molecule has 1 fully saturated rings. The van der Waals surface area contributed by atoms with Gasteiger partial charge in [0.2, 0.25) is 11.8 Å².